The Morgan fingerprint density at radius 1 is 1.37 bits per heavy atom. The van der Waals surface area contributed by atoms with Gasteiger partial charge in [0.1, 0.15) is 11.8 Å². The largest absolute Gasteiger partial charge is 0.472 e. The lowest BCUT2D eigenvalue weighted by molar-refractivity contribution is 0.0746. The second-order valence-electron chi connectivity index (χ2n) is 5.53. The number of pyridine rings is 1. The summed E-state index contributed by atoms with van der Waals surface area (Å²) in [5, 5.41) is 0. The van der Waals surface area contributed by atoms with Crippen LogP contribution in [0.2, 0.25) is 0 Å². The number of rotatable bonds is 4. The van der Waals surface area contributed by atoms with Gasteiger partial charge in [-0.3, -0.25) is 4.90 Å². The third-order valence-electron chi connectivity index (χ3n) is 3.84. The van der Waals surface area contributed by atoms with E-state index in [0.717, 1.165) is 25.9 Å². The molecule has 5 heteroatoms. The molecular formula is C14H18F2N2O. The minimum atomic E-state index is -0.930. The molecule has 3 nitrogen and oxygen atoms in total. The fraction of sp³-hybridized carbons (Fsp3) is 0.643. The average Bonchev–Trinajstić information content (AvgIpc) is 3.12. The van der Waals surface area contributed by atoms with E-state index in [1.165, 1.54) is 12.3 Å². The first-order valence-electron chi connectivity index (χ1n) is 6.83. The molecule has 2 aliphatic rings. The van der Waals surface area contributed by atoms with Crippen LogP contribution in [0.4, 0.5) is 8.78 Å². The zero-order valence-corrected chi connectivity index (χ0v) is 10.8. The number of hydrogen-bond donors (Lipinski definition) is 0. The van der Waals surface area contributed by atoms with Crippen molar-refractivity contribution in [3.8, 4) is 5.88 Å². The Morgan fingerprint density at radius 2 is 2.11 bits per heavy atom. The van der Waals surface area contributed by atoms with E-state index >= 15 is 0 Å². The van der Waals surface area contributed by atoms with Gasteiger partial charge in [-0.15, -0.1) is 0 Å². The van der Waals surface area contributed by atoms with Gasteiger partial charge in [-0.05, 0) is 37.8 Å². The van der Waals surface area contributed by atoms with Crippen LogP contribution in [0.15, 0.2) is 18.3 Å². The molecule has 1 aromatic rings. The quantitative estimate of drug-likeness (QED) is 0.839. The highest BCUT2D eigenvalue weighted by molar-refractivity contribution is 5.13. The highest BCUT2D eigenvalue weighted by Crippen LogP contribution is 2.40. The molecule has 19 heavy (non-hydrogen) atoms. The van der Waals surface area contributed by atoms with Crippen LogP contribution in [0, 0.1) is 5.82 Å². The van der Waals surface area contributed by atoms with E-state index in [1.807, 2.05) is 0 Å². The molecule has 0 unspecified atom stereocenters. The summed E-state index contributed by atoms with van der Waals surface area (Å²) in [6, 6.07) is 2.89. The Labute approximate surface area is 111 Å². The summed E-state index contributed by atoms with van der Waals surface area (Å²) >= 11 is 0. The van der Waals surface area contributed by atoms with E-state index < -0.39 is 11.5 Å². The van der Waals surface area contributed by atoms with Gasteiger partial charge in [0.05, 0.1) is 0 Å². The van der Waals surface area contributed by atoms with Crippen LogP contribution < -0.4 is 4.74 Å². The van der Waals surface area contributed by atoms with Gasteiger partial charge in [0.25, 0.3) is 5.88 Å². The molecule has 3 rings (SSSR count). The molecule has 2 heterocycles. The van der Waals surface area contributed by atoms with Crippen LogP contribution in [-0.4, -0.2) is 41.3 Å². The predicted molar refractivity (Wildman–Crippen MR) is 67.4 cm³/mol. The highest BCUT2D eigenvalue weighted by Gasteiger charge is 2.44. The first-order valence-corrected chi connectivity index (χ1v) is 6.83. The van der Waals surface area contributed by atoms with Crippen LogP contribution in [0.1, 0.15) is 25.7 Å². The SMILES string of the molecule is Fc1cccnc1OC1CCN(CC2(F)CC2)CC1. The molecule has 0 bridgehead atoms. The molecule has 0 radical (unpaired) electrons. The molecule has 104 valence electrons. The standard InChI is InChI=1S/C14H18F2N2O/c15-12-2-1-7-17-13(12)19-11-3-8-18(9-4-11)10-14(16)5-6-14/h1-2,7,11H,3-6,8-10H2. The zero-order valence-electron chi connectivity index (χ0n) is 10.8. The molecule has 0 amide bonds. The molecule has 1 aromatic heterocycles. The molecule has 0 aromatic carbocycles. The normalized spacial score (nSPS) is 23.3. The summed E-state index contributed by atoms with van der Waals surface area (Å²) in [4.78, 5) is 6.03. The van der Waals surface area contributed by atoms with Crippen LogP contribution in [0.5, 0.6) is 5.88 Å². The molecule has 2 fully saturated rings. The van der Waals surface area contributed by atoms with Gasteiger partial charge in [0, 0.05) is 25.8 Å². The number of aromatic nitrogens is 1. The van der Waals surface area contributed by atoms with Crippen molar-refractivity contribution in [1.82, 2.24) is 9.88 Å². The number of ether oxygens (including phenoxy) is 1. The second kappa shape index (κ2) is 5.04. The minimum absolute atomic E-state index is 0.0181. The van der Waals surface area contributed by atoms with E-state index in [4.69, 9.17) is 4.74 Å². The number of hydrogen-bond acceptors (Lipinski definition) is 3. The fourth-order valence-corrected chi connectivity index (χ4v) is 2.50. The number of likely N-dealkylation sites (tertiary alicyclic amines) is 1. The van der Waals surface area contributed by atoms with Gasteiger partial charge in [-0.25, -0.2) is 13.8 Å². The van der Waals surface area contributed by atoms with Gasteiger partial charge < -0.3 is 4.74 Å². The van der Waals surface area contributed by atoms with Gasteiger partial charge in [0.2, 0.25) is 0 Å². The second-order valence-corrected chi connectivity index (χ2v) is 5.53. The molecule has 0 N–H and O–H groups in total. The van der Waals surface area contributed by atoms with E-state index in [1.54, 1.807) is 6.07 Å². The number of halogens is 2. The van der Waals surface area contributed by atoms with Crippen molar-refractivity contribution in [2.45, 2.75) is 37.5 Å². The van der Waals surface area contributed by atoms with Crippen molar-refractivity contribution in [2.75, 3.05) is 19.6 Å². The highest BCUT2D eigenvalue weighted by atomic mass is 19.1. The summed E-state index contributed by atoms with van der Waals surface area (Å²) in [7, 11) is 0. The maximum absolute atomic E-state index is 13.6. The number of alkyl halides is 1. The lowest BCUT2D eigenvalue weighted by Crippen LogP contribution is -2.41. The van der Waals surface area contributed by atoms with Crippen LogP contribution in [0.25, 0.3) is 0 Å². The third-order valence-corrected chi connectivity index (χ3v) is 3.84. The van der Waals surface area contributed by atoms with Crippen molar-refractivity contribution in [3.63, 3.8) is 0 Å². The van der Waals surface area contributed by atoms with Crippen LogP contribution >= 0.6 is 0 Å². The number of nitrogens with zero attached hydrogens (tertiary/aromatic N) is 2. The molecule has 1 aliphatic carbocycles. The average molecular weight is 268 g/mol. The molecule has 0 spiro atoms. The summed E-state index contributed by atoms with van der Waals surface area (Å²) in [6.45, 7) is 2.16. The van der Waals surface area contributed by atoms with Crippen LogP contribution in [-0.2, 0) is 0 Å². The van der Waals surface area contributed by atoms with Crippen molar-refractivity contribution in [1.29, 1.82) is 0 Å². The van der Waals surface area contributed by atoms with Gasteiger partial charge in [-0.1, -0.05) is 0 Å². The molecular weight excluding hydrogens is 250 g/mol. The molecule has 1 aliphatic heterocycles. The molecule has 1 saturated carbocycles. The maximum Gasteiger partial charge on any atom is 0.250 e. The Bertz CT molecular complexity index is 443. The van der Waals surface area contributed by atoms with E-state index in [9.17, 15) is 8.78 Å². The van der Waals surface area contributed by atoms with E-state index in [0.29, 0.717) is 19.4 Å². The topological polar surface area (TPSA) is 25.4 Å². The summed E-state index contributed by atoms with van der Waals surface area (Å²) in [5.74, 6) is -0.351. The Morgan fingerprint density at radius 3 is 2.74 bits per heavy atom. The number of piperidine rings is 1. The Balaban J connectivity index is 1.49. The maximum atomic E-state index is 13.6. The summed E-state index contributed by atoms with van der Waals surface area (Å²) < 4.78 is 32.6. The molecule has 1 saturated heterocycles. The van der Waals surface area contributed by atoms with Crippen LogP contribution in [0.3, 0.4) is 0 Å². The smallest absolute Gasteiger partial charge is 0.250 e. The fourth-order valence-electron chi connectivity index (χ4n) is 2.50. The zero-order chi connectivity index (χ0) is 13.3. The van der Waals surface area contributed by atoms with E-state index in [2.05, 4.69) is 9.88 Å². The third kappa shape index (κ3) is 3.21. The first kappa shape index (κ1) is 12.8. The van der Waals surface area contributed by atoms with Gasteiger partial charge in [-0.2, -0.15) is 0 Å². The van der Waals surface area contributed by atoms with Crippen molar-refractivity contribution >= 4 is 0 Å². The lowest BCUT2D eigenvalue weighted by Gasteiger charge is -2.32. The molecule has 0 atom stereocenters. The van der Waals surface area contributed by atoms with Gasteiger partial charge in [0.15, 0.2) is 5.82 Å². The van der Waals surface area contributed by atoms with E-state index in [-0.39, 0.29) is 12.0 Å². The summed E-state index contributed by atoms with van der Waals surface area (Å²) in [6.07, 6.45) is 4.49. The first-order chi connectivity index (χ1) is 9.15. The lowest BCUT2D eigenvalue weighted by atomic mass is 10.1. The predicted octanol–water partition coefficient (Wildman–Crippen LogP) is 2.57. The summed E-state index contributed by atoms with van der Waals surface area (Å²) in [5.41, 5.74) is -0.930. The Kier molecular flexibility index (Phi) is 3.39. The van der Waals surface area contributed by atoms with Crippen molar-refractivity contribution in [3.05, 3.63) is 24.1 Å². The Hall–Kier alpha value is -1.23. The van der Waals surface area contributed by atoms with Crippen molar-refractivity contribution < 1.29 is 13.5 Å². The minimum Gasteiger partial charge on any atom is -0.472 e. The monoisotopic (exact) mass is 268 g/mol. The van der Waals surface area contributed by atoms with Gasteiger partial charge >= 0.3 is 0 Å². The van der Waals surface area contributed by atoms with Crippen molar-refractivity contribution in [2.24, 2.45) is 0 Å².